The van der Waals surface area contributed by atoms with Crippen LogP contribution < -0.4 is 10.6 Å². The maximum absolute atomic E-state index is 8.98. The summed E-state index contributed by atoms with van der Waals surface area (Å²) in [5.41, 5.74) is 2.72. The van der Waals surface area contributed by atoms with Crippen molar-refractivity contribution in [2.75, 3.05) is 23.8 Å². The van der Waals surface area contributed by atoms with Gasteiger partial charge in [-0.2, -0.15) is 4.98 Å². The molecule has 0 fully saturated rings. The van der Waals surface area contributed by atoms with Crippen LogP contribution in [-0.2, 0) is 6.54 Å². The van der Waals surface area contributed by atoms with Gasteiger partial charge in [0.1, 0.15) is 5.82 Å². The van der Waals surface area contributed by atoms with Crippen LogP contribution in [0.2, 0.25) is 0 Å². The lowest BCUT2D eigenvalue weighted by atomic mass is 10.2. The van der Waals surface area contributed by atoms with Crippen LogP contribution in [-0.4, -0.2) is 38.2 Å². The lowest BCUT2D eigenvalue weighted by molar-refractivity contribution is 0.311. The third-order valence-corrected chi connectivity index (χ3v) is 3.27. The molecule has 0 aliphatic rings. The zero-order valence-corrected chi connectivity index (χ0v) is 13.1. The number of anilines is 2. The molecule has 0 amide bonds. The molecule has 0 aliphatic heterocycles. The summed E-state index contributed by atoms with van der Waals surface area (Å²) in [4.78, 5) is 17.1. The molecular weight excluding hydrogens is 304 g/mol. The van der Waals surface area contributed by atoms with Gasteiger partial charge in [0.05, 0.1) is 12.3 Å². The quantitative estimate of drug-likeness (QED) is 0.612. The molecule has 0 saturated carbocycles. The number of nitrogens with zero attached hydrogens (tertiary/aromatic N) is 4. The summed E-state index contributed by atoms with van der Waals surface area (Å²) in [7, 11) is 0. The molecule has 0 aliphatic carbocycles. The summed E-state index contributed by atoms with van der Waals surface area (Å²) in [6.07, 6.45) is 7.02. The fourth-order valence-electron chi connectivity index (χ4n) is 2.14. The SMILES string of the molecule is OCCNc1nc(NCc2cccnc2)cc(-c2cccnc2)n1. The monoisotopic (exact) mass is 322 g/mol. The maximum atomic E-state index is 8.98. The first kappa shape index (κ1) is 15.8. The van der Waals surface area contributed by atoms with Gasteiger partial charge in [0.15, 0.2) is 0 Å². The topological polar surface area (TPSA) is 95.8 Å². The van der Waals surface area contributed by atoms with E-state index in [1.54, 1.807) is 24.8 Å². The smallest absolute Gasteiger partial charge is 0.225 e. The predicted octanol–water partition coefficient (Wildman–Crippen LogP) is 1.95. The Morgan fingerprint density at radius 2 is 1.79 bits per heavy atom. The van der Waals surface area contributed by atoms with E-state index >= 15 is 0 Å². The van der Waals surface area contributed by atoms with Gasteiger partial charge in [-0.05, 0) is 23.8 Å². The highest BCUT2D eigenvalue weighted by atomic mass is 16.3. The minimum atomic E-state index is 0.0128. The minimum Gasteiger partial charge on any atom is -0.395 e. The van der Waals surface area contributed by atoms with Crippen LogP contribution in [0.1, 0.15) is 5.56 Å². The van der Waals surface area contributed by atoms with Crippen LogP contribution in [0.4, 0.5) is 11.8 Å². The number of rotatable bonds is 7. The van der Waals surface area contributed by atoms with Crippen LogP contribution in [0.5, 0.6) is 0 Å². The lowest BCUT2D eigenvalue weighted by Crippen LogP contribution is -2.11. The van der Waals surface area contributed by atoms with Crippen LogP contribution in [0, 0.1) is 0 Å². The lowest BCUT2D eigenvalue weighted by Gasteiger charge is -2.11. The number of hydrogen-bond acceptors (Lipinski definition) is 7. The van der Waals surface area contributed by atoms with E-state index in [0.717, 1.165) is 16.8 Å². The van der Waals surface area contributed by atoms with Crippen molar-refractivity contribution >= 4 is 11.8 Å². The van der Waals surface area contributed by atoms with Crippen molar-refractivity contribution in [1.29, 1.82) is 0 Å². The van der Waals surface area contributed by atoms with E-state index in [9.17, 15) is 0 Å². The molecule has 3 aromatic rings. The number of nitrogens with one attached hydrogen (secondary N) is 2. The van der Waals surface area contributed by atoms with E-state index in [-0.39, 0.29) is 6.61 Å². The summed E-state index contributed by atoms with van der Waals surface area (Å²) in [6, 6.07) is 9.56. The third-order valence-electron chi connectivity index (χ3n) is 3.27. The van der Waals surface area contributed by atoms with Crippen LogP contribution in [0.25, 0.3) is 11.3 Å². The Kier molecular flexibility index (Phi) is 5.26. The molecule has 3 N–H and O–H groups in total. The Bertz CT molecular complexity index is 767. The molecule has 0 bridgehead atoms. The van der Waals surface area contributed by atoms with E-state index < -0.39 is 0 Å². The van der Waals surface area contributed by atoms with E-state index in [0.29, 0.717) is 24.9 Å². The van der Waals surface area contributed by atoms with E-state index in [1.165, 1.54) is 0 Å². The van der Waals surface area contributed by atoms with Gasteiger partial charge >= 0.3 is 0 Å². The molecule has 7 heteroatoms. The van der Waals surface area contributed by atoms with Crippen molar-refractivity contribution in [3.63, 3.8) is 0 Å². The number of pyridine rings is 2. The largest absolute Gasteiger partial charge is 0.395 e. The van der Waals surface area contributed by atoms with Crippen molar-refractivity contribution in [3.05, 3.63) is 60.7 Å². The van der Waals surface area contributed by atoms with Crippen LogP contribution in [0.3, 0.4) is 0 Å². The minimum absolute atomic E-state index is 0.0128. The Balaban J connectivity index is 1.84. The number of hydrogen-bond donors (Lipinski definition) is 3. The molecule has 7 nitrogen and oxygen atoms in total. The highest BCUT2D eigenvalue weighted by Crippen LogP contribution is 2.21. The van der Waals surface area contributed by atoms with Gasteiger partial charge in [-0.1, -0.05) is 6.07 Å². The molecular formula is C17H18N6O. The van der Waals surface area contributed by atoms with Gasteiger partial charge in [-0.3, -0.25) is 9.97 Å². The second-order valence-electron chi connectivity index (χ2n) is 5.07. The summed E-state index contributed by atoms with van der Waals surface area (Å²) >= 11 is 0. The van der Waals surface area contributed by atoms with E-state index in [4.69, 9.17) is 5.11 Å². The molecule has 0 saturated heterocycles. The fourth-order valence-corrected chi connectivity index (χ4v) is 2.14. The average Bonchev–Trinajstić information content (AvgIpc) is 2.66. The van der Waals surface area contributed by atoms with Crippen molar-refractivity contribution < 1.29 is 5.11 Å². The summed E-state index contributed by atoms with van der Waals surface area (Å²) in [6.45, 7) is 1.01. The van der Waals surface area contributed by atoms with Crippen molar-refractivity contribution in [2.45, 2.75) is 6.54 Å². The first-order valence-corrected chi connectivity index (χ1v) is 7.62. The zero-order valence-electron chi connectivity index (χ0n) is 13.1. The van der Waals surface area contributed by atoms with Gasteiger partial charge in [-0.25, -0.2) is 4.98 Å². The third kappa shape index (κ3) is 4.23. The normalized spacial score (nSPS) is 10.4. The van der Waals surface area contributed by atoms with Crippen molar-refractivity contribution in [1.82, 2.24) is 19.9 Å². The Hall–Kier alpha value is -3.06. The zero-order chi connectivity index (χ0) is 16.6. The summed E-state index contributed by atoms with van der Waals surface area (Å²) < 4.78 is 0. The van der Waals surface area contributed by atoms with Gasteiger partial charge in [0.2, 0.25) is 5.95 Å². The summed E-state index contributed by atoms with van der Waals surface area (Å²) in [5.74, 6) is 1.15. The Labute approximate surface area is 139 Å². The second-order valence-corrected chi connectivity index (χ2v) is 5.07. The maximum Gasteiger partial charge on any atom is 0.225 e. The van der Waals surface area contributed by atoms with Gasteiger partial charge in [-0.15, -0.1) is 0 Å². The summed E-state index contributed by atoms with van der Waals surface area (Å²) in [5, 5.41) is 15.3. The van der Waals surface area contributed by atoms with Gasteiger partial charge in [0.25, 0.3) is 0 Å². The second kappa shape index (κ2) is 7.98. The van der Waals surface area contributed by atoms with Crippen molar-refractivity contribution in [2.24, 2.45) is 0 Å². The van der Waals surface area contributed by atoms with E-state index in [1.807, 2.05) is 30.3 Å². The van der Waals surface area contributed by atoms with Crippen LogP contribution in [0.15, 0.2) is 55.1 Å². The Morgan fingerprint density at radius 3 is 2.50 bits per heavy atom. The van der Waals surface area contributed by atoms with E-state index in [2.05, 4.69) is 30.6 Å². The van der Waals surface area contributed by atoms with Gasteiger partial charge in [0, 0.05) is 49.5 Å². The standard InChI is InChI=1S/C17H18N6O/c24-8-7-20-17-22-15(14-4-2-6-19-12-14)9-16(23-17)21-11-13-3-1-5-18-10-13/h1-6,9-10,12,24H,7-8,11H2,(H2,20,21,22,23). The molecule has 0 unspecified atom stereocenters. The first-order valence-electron chi connectivity index (χ1n) is 7.62. The highest BCUT2D eigenvalue weighted by Gasteiger charge is 2.07. The average molecular weight is 322 g/mol. The molecule has 3 aromatic heterocycles. The molecule has 0 atom stereocenters. The van der Waals surface area contributed by atoms with Crippen LogP contribution >= 0.6 is 0 Å². The molecule has 24 heavy (non-hydrogen) atoms. The Morgan fingerprint density at radius 1 is 0.958 bits per heavy atom. The fraction of sp³-hybridized carbons (Fsp3) is 0.176. The van der Waals surface area contributed by atoms with Crippen molar-refractivity contribution in [3.8, 4) is 11.3 Å². The van der Waals surface area contributed by atoms with Gasteiger partial charge < -0.3 is 15.7 Å². The number of aromatic nitrogens is 4. The molecule has 0 radical (unpaired) electrons. The molecule has 3 heterocycles. The first-order chi connectivity index (χ1) is 11.8. The number of aliphatic hydroxyl groups is 1. The molecule has 0 aromatic carbocycles. The highest BCUT2D eigenvalue weighted by molar-refractivity contribution is 5.63. The predicted molar refractivity (Wildman–Crippen MR) is 92.4 cm³/mol. The molecule has 3 rings (SSSR count). The molecule has 122 valence electrons. The molecule has 0 spiro atoms. The number of aliphatic hydroxyl groups excluding tert-OH is 1.